The second-order valence-corrected chi connectivity index (χ2v) is 6.56. The zero-order valence-corrected chi connectivity index (χ0v) is 16.4. The maximum atomic E-state index is 14.0. The van der Waals surface area contributed by atoms with Gasteiger partial charge in [0.05, 0.1) is 19.3 Å². The Kier molecular flexibility index (Phi) is 6.57. The Balaban J connectivity index is 1.68. The van der Waals surface area contributed by atoms with Crippen LogP contribution in [0.15, 0.2) is 47.5 Å². The minimum Gasteiger partial charge on any atom is -0.504 e. The molecule has 7 heteroatoms. The SMILES string of the molecule is CCNC(=NCc1cccc(OC)c1O)N1CCN(c2ccccc2F)CC1. The molecule has 0 atom stereocenters. The number of rotatable bonds is 5. The number of nitrogens with one attached hydrogen (secondary N) is 1. The standard InChI is InChI=1S/C21H27FN4O2/c1-3-23-21(24-15-16-7-6-10-19(28-2)20(16)27)26-13-11-25(12-14-26)18-9-5-4-8-17(18)22/h4-10,27H,3,11-15H2,1-2H3,(H,23,24). The van der Waals surface area contributed by atoms with Crippen LogP contribution in [0.4, 0.5) is 10.1 Å². The number of phenols is 1. The van der Waals surface area contributed by atoms with Crippen LogP contribution in [0.3, 0.4) is 0 Å². The summed E-state index contributed by atoms with van der Waals surface area (Å²) in [5.41, 5.74) is 1.35. The largest absolute Gasteiger partial charge is 0.504 e. The van der Waals surface area contributed by atoms with Crippen LogP contribution in [0.5, 0.6) is 11.5 Å². The normalized spacial score (nSPS) is 14.9. The fourth-order valence-electron chi connectivity index (χ4n) is 3.31. The molecule has 0 aromatic heterocycles. The van der Waals surface area contributed by atoms with Crippen molar-refractivity contribution in [1.29, 1.82) is 0 Å². The summed E-state index contributed by atoms with van der Waals surface area (Å²) in [7, 11) is 1.53. The third-order valence-corrected chi connectivity index (χ3v) is 4.81. The van der Waals surface area contributed by atoms with Gasteiger partial charge in [-0.25, -0.2) is 9.38 Å². The number of para-hydroxylation sites is 2. The first-order chi connectivity index (χ1) is 13.6. The molecular formula is C21H27FN4O2. The number of methoxy groups -OCH3 is 1. The van der Waals surface area contributed by atoms with E-state index in [0.29, 0.717) is 23.5 Å². The molecule has 2 aromatic rings. The molecule has 0 spiro atoms. The number of phenolic OH excluding ortho intramolecular Hbond substituents is 1. The van der Waals surface area contributed by atoms with Gasteiger partial charge < -0.3 is 25.0 Å². The smallest absolute Gasteiger partial charge is 0.194 e. The van der Waals surface area contributed by atoms with E-state index < -0.39 is 0 Å². The Hall–Kier alpha value is -2.96. The molecule has 1 heterocycles. The summed E-state index contributed by atoms with van der Waals surface area (Å²) in [6.45, 7) is 6.03. The summed E-state index contributed by atoms with van der Waals surface area (Å²) in [4.78, 5) is 8.91. The molecule has 0 unspecified atom stereocenters. The van der Waals surface area contributed by atoms with Crippen LogP contribution < -0.4 is 15.0 Å². The first kappa shape index (κ1) is 19.8. The van der Waals surface area contributed by atoms with Gasteiger partial charge in [-0.3, -0.25) is 0 Å². The Labute approximate surface area is 165 Å². The zero-order valence-electron chi connectivity index (χ0n) is 16.4. The van der Waals surface area contributed by atoms with E-state index in [1.807, 2.05) is 31.2 Å². The van der Waals surface area contributed by atoms with Crippen molar-refractivity contribution in [1.82, 2.24) is 10.2 Å². The fraction of sp³-hybridized carbons (Fsp3) is 0.381. The minimum atomic E-state index is -0.190. The topological polar surface area (TPSA) is 60.3 Å². The van der Waals surface area contributed by atoms with Crippen LogP contribution >= 0.6 is 0 Å². The quantitative estimate of drug-likeness (QED) is 0.611. The molecule has 1 saturated heterocycles. The molecule has 1 fully saturated rings. The first-order valence-electron chi connectivity index (χ1n) is 9.51. The van der Waals surface area contributed by atoms with Crippen molar-refractivity contribution in [2.75, 3.05) is 44.7 Å². The van der Waals surface area contributed by atoms with Gasteiger partial charge in [-0.1, -0.05) is 24.3 Å². The molecular weight excluding hydrogens is 359 g/mol. The first-order valence-corrected chi connectivity index (χ1v) is 9.51. The van der Waals surface area contributed by atoms with E-state index in [-0.39, 0.29) is 11.6 Å². The second-order valence-electron chi connectivity index (χ2n) is 6.56. The molecule has 3 rings (SSSR count). The molecule has 0 saturated carbocycles. The van der Waals surface area contributed by atoms with Gasteiger partial charge in [0.1, 0.15) is 5.82 Å². The summed E-state index contributed by atoms with van der Waals surface area (Å²) < 4.78 is 19.2. The van der Waals surface area contributed by atoms with E-state index in [2.05, 4.69) is 20.1 Å². The number of anilines is 1. The van der Waals surface area contributed by atoms with Crippen LogP contribution in [-0.2, 0) is 6.54 Å². The van der Waals surface area contributed by atoms with Gasteiger partial charge in [0.15, 0.2) is 17.5 Å². The van der Waals surface area contributed by atoms with Crippen molar-refractivity contribution >= 4 is 11.6 Å². The number of hydrogen-bond donors (Lipinski definition) is 2. The van der Waals surface area contributed by atoms with Crippen molar-refractivity contribution in [2.24, 2.45) is 4.99 Å². The highest BCUT2D eigenvalue weighted by Crippen LogP contribution is 2.29. The number of hydrogen-bond acceptors (Lipinski definition) is 4. The third-order valence-electron chi connectivity index (χ3n) is 4.81. The number of aromatic hydroxyl groups is 1. The van der Waals surface area contributed by atoms with E-state index in [1.165, 1.54) is 13.2 Å². The molecule has 2 aromatic carbocycles. The second kappa shape index (κ2) is 9.30. The van der Waals surface area contributed by atoms with Crippen molar-refractivity contribution in [3.8, 4) is 11.5 Å². The van der Waals surface area contributed by atoms with Crippen molar-refractivity contribution < 1.29 is 14.2 Å². The van der Waals surface area contributed by atoms with Gasteiger partial charge in [0, 0.05) is 38.3 Å². The average Bonchev–Trinajstić information content (AvgIpc) is 2.72. The molecule has 1 aliphatic rings. The Morgan fingerprint density at radius 2 is 1.89 bits per heavy atom. The van der Waals surface area contributed by atoms with Crippen LogP contribution in [0, 0.1) is 5.82 Å². The number of ether oxygens (including phenoxy) is 1. The van der Waals surface area contributed by atoms with Crippen molar-refractivity contribution in [2.45, 2.75) is 13.5 Å². The molecule has 2 N–H and O–H groups in total. The average molecular weight is 386 g/mol. The summed E-state index contributed by atoms with van der Waals surface area (Å²) >= 11 is 0. The molecule has 1 aliphatic heterocycles. The fourth-order valence-corrected chi connectivity index (χ4v) is 3.31. The van der Waals surface area contributed by atoms with Crippen LogP contribution in [0.25, 0.3) is 0 Å². The zero-order chi connectivity index (χ0) is 19.9. The molecule has 6 nitrogen and oxygen atoms in total. The number of piperazine rings is 1. The van der Waals surface area contributed by atoms with Gasteiger partial charge in [-0.15, -0.1) is 0 Å². The Bertz CT molecular complexity index is 820. The van der Waals surface area contributed by atoms with Crippen molar-refractivity contribution in [3.05, 3.63) is 53.8 Å². The van der Waals surface area contributed by atoms with Gasteiger partial charge in [0.25, 0.3) is 0 Å². The summed E-state index contributed by atoms with van der Waals surface area (Å²) in [5, 5.41) is 13.6. The van der Waals surface area contributed by atoms with E-state index >= 15 is 0 Å². The summed E-state index contributed by atoms with van der Waals surface area (Å²) in [5.74, 6) is 1.16. The van der Waals surface area contributed by atoms with Gasteiger partial charge in [-0.05, 0) is 25.1 Å². The van der Waals surface area contributed by atoms with E-state index in [9.17, 15) is 9.50 Å². The van der Waals surface area contributed by atoms with E-state index in [1.54, 1.807) is 12.1 Å². The van der Waals surface area contributed by atoms with Crippen LogP contribution in [-0.4, -0.2) is 55.8 Å². The van der Waals surface area contributed by atoms with Crippen LogP contribution in [0.1, 0.15) is 12.5 Å². The summed E-state index contributed by atoms with van der Waals surface area (Å²) in [6.07, 6.45) is 0. The summed E-state index contributed by atoms with van der Waals surface area (Å²) in [6, 6.07) is 12.3. The minimum absolute atomic E-state index is 0.119. The predicted octanol–water partition coefficient (Wildman–Crippen LogP) is 2.83. The Morgan fingerprint density at radius 1 is 1.14 bits per heavy atom. The highest BCUT2D eigenvalue weighted by atomic mass is 19.1. The number of guanidine groups is 1. The van der Waals surface area contributed by atoms with E-state index in [4.69, 9.17) is 4.74 Å². The van der Waals surface area contributed by atoms with Crippen LogP contribution in [0.2, 0.25) is 0 Å². The van der Waals surface area contributed by atoms with Gasteiger partial charge >= 0.3 is 0 Å². The van der Waals surface area contributed by atoms with Gasteiger partial charge in [0.2, 0.25) is 0 Å². The monoisotopic (exact) mass is 386 g/mol. The number of benzene rings is 2. The highest BCUT2D eigenvalue weighted by Gasteiger charge is 2.21. The lowest BCUT2D eigenvalue weighted by molar-refractivity contribution is 0.367. The lowest BCUT2D eigenvalue weighted by Gasteiger charge is -2.37. The third kappa shape index (κ3) is 4.47. The molecule has 28 heavy (non-hydrogen) atoms. The molecule has 150 valence electrons. The number of nitrogens with zero attached hydrogens (tertiary/aromatic N) is 3. The van der Waals surface area contributed by atoms with Crippen molar-refractivity contribution in [3.63, 3.8) is 0 Å². The molecule has 0 amide bonds. The lowest BCUT2D eigenvalue weighted by Crippen LogP contribution is -2.52. The number of aliphatic imine (C=N–C) groups is 1. The lowest BCUT2D eigenvalue weighted by atomic mass is 10.2. The highest BCUT2D eigenvalue weighted by molar-refractivity contribution is 5.80. The van der Waals surface area contributed by atoms with E-state index in [0.717, 1.165) is 38.7 Å². The molecule has 0 radical (unpaired) electrons. The molecule has 0 bridgehead atoms. The number of halogens is 1. The predicted molar refractivity (Wildman–Crippen MR) is 110 cm³/mol. The Morgan fingerprint density at radius 3 is 2.57 bits per heavy atom. The maximum absolute atomic E-state index is 14.0. The maximum Gasteiger partial charge on any atom is 0.194 e. The van der Waals surface area contributed by atoms with Gasteiger partial charge in [-0.2, -0.15) is 0 Å². The molecule has 0 aliphatic carbocycles.